The van der Waals surface area contributed by atoms with Crippen LogP contribution in [0.5, 0.6) is 0 Å². The second kappa shape index (κ2) is 11.5. The molecule has 4 aromatic carbocycles. The first kappa shape index (κ1) is 26.5. The fourth-order valence-corrected chi connectivity index (χ4v) is 6.07. The average molecular weight is 563 g/mol. The maximum atomic E-state index is 12.8. The van der Waals surface area contributed by atoms with Gasteiger partial charge in [-0.15, -0.1) is 0 Å². The van der Waals surface area contributed by atoms with Crippen LogP contribution >= 0.6 is 0 Å². The van der Waals surface area contributed by atoms with E-state index in [1.807, 2.05) is 71.3 Å². The minimum Gasteiger partial charge on any atom is -0.480 e. The lowest BCUT2D eigenvalue weighted by atomic mass is 9.98. The molecule has 1 aliphatic heterocycles. The van der Waals surface area contributed by atoms with Crippen LogP contribution in [-0.2, 0) is 24.1 Å². The maximum Gasteiger partial charge on any atom is 0.327 e. The summed E-state index contributed by atoms with van der Waals surface area (Å²) in [4.78, 5) is 17.9. The predicted octanol–water partition coefficient (Wildman–Crippen LogP) is 8.45. The Morgan fingerprint density at radius 3 is 2.05 bits per heavy atom. The first-order valence-electron chi connectivity index (χ1n) is 14.5. The molecule has 43 heavy (non-hydrogen) atoms. The zero-order chi connectivity index (χ0) is 29.2. The van der Waals surface area contributed by atoms with E-state index in [1.165, 1.54) is 11.1 Å². The molecule has 0 radical (unpaired) electrons. The van der Waals surface area contributed by atoms with Crippen LogP contribution in [0.4, 0.5) is 0 Å². The van der Waals surface area contributed by atoms with Crippen LogP contribution in [0, 0.1) is 0 Å². The summed E-state index contributed by atoms with van der Waals surface area (Å²) >= 11 is 0. The molecule has 1 aliphatic carbocycles. The van der Waals surface area contributed by atoms with Crippen LogP contribution in [0.25, 0.3) is 33.5 Å². The van der Waals surface area contributed by atoms with Crippen LogP contribution in [0.2, 0.25) is 0 Å². The topological polar surface area (TPSA) is 68.3 Å². The quantitative estimate of drug-likeness (QED) is 0.192. The molecule has 7 rings (SSSR count). The van der Waals surface area contributed by atoms with Gasteiger partial charge in [0.05, 0.1) is 17.3 Å². The Morgan fingerprint density at radius 1 is 0.721 bits per heavy atom. The van der Waals surface area contributed by atoms with Crippen LogP contribution in [-0.4, -0.2) is 20.6 Å². The SMILES string of the molecule is O=C(O)C(Cc1ccccc1)n1c(Cc2ccccc2)nc2cc(-c3c(Cc4ccccc4)cc4cccoc3-4)ccc21. The lowest BCUT2D eigenvalue weighted by molar-refractivity contribution is -0.140. The lowest BCUT2D eigenvalue weighted by Crippen LogP contribution is -2.23. The second-order valence-corrected chi connectivity index (χ2v) is 10.9. The van der Waals surface area contributed by atoms with Gasteiger partial charge < -0.3 is 14.1 Å². The number of carboxylic acids is 1. The number of hydrogen-bond acceptors (Lipinski definition) is 3. The molecule has 5 aromatic rings. The van der Waals surface area contributed by atoms with E-state index < -0.39 is 12.0 Å². The fourth-order valence-electron chi connectivity index (χ4n) is 6.07. The van der Waals surface area contributed by atoms with Gasteiger partial charge in [-0.1, -0.05) is 97.1 Å². The summed E-state index contributed by atoms with van der Waals surface area (Å²) in [7, 11) is 0. The number of aliphatic carboxylic acids is 1. The summed E-state index contributed by atoms with van der Waals surface area (Å²) in [5, 5.41) is 10.5. The van der Waals surface area contributed by atoms with E-state index in [2.05, 4.69) is 60.7 Å². The Morgan fingerprint density at radius 2 is 1.37 bits per heavy atom. The van der Waals surface area contributed by atoms with Crippen LogP contribution in [0.1, 0.15) is 34.1 Å². The third kappa shape index (κ3) is 5.33. The molecule has 1 N–H and O–H groups in total. The molecule has 0 saturated heterocycles. The first-order chi connectivity index (χ1) is 21.1. The standard InChI is InChI=1S/C38H30N2O3/c41-38(42)34(22-27-13-6-2-7-14-27)40-33-19-18-29(25-32(33)39-35(40)23-28-15-8-3-9-16-28)36-31(21-26-11-4-1-5-12-26)24-30-17-10-20-43-37(30)36/h1-20,24-25,34H,21-23H2,(H,41,42). The van der Waals surface area contributed by atoms with Crippen LogP contribution in [0.15, 0.2) is 138 Å². The highest BCUT2D eigenvalue weighted by Gasteiger charge is 2.27. The van der Waals surface area contributed by atoms with Crippen molar-refractivity contribution in [2.45, 2.75) is 25.3 Å². The van der Waals surface area contributed by atoms with Crippen molar-refractivity contribution in [3.8, 4) is 22.5 Å². The molecule has 5 heteroatoms. The van der Waals surface area contributed by atoms with E-state index in [1.54, 1.807) is 6.26 Å². The smallest absolute Gasteiger partial charge is 0.327 e. The van der Waals surface area contributed by atoms with E-state index in [-0.39, 0.29) is 0 Å². The molecule has 1 aromatic heterocycles. The van der Waals surface area contributed by atoms with Gasteiger partial charge in [-0.3, -0.25) is 0 Å². The monoisotopic (exact) mass is 562 g/mol. The predicted molar refractivity (Wildman–Crippen MR) is 169 cm³/mol. The first-order valence-corrected chi connectivity index (χ1v) is 14.5. The van der Waals surface area contributed by atoms with Crippen molar-refractivity contribution >= 4 is 17.0 Å². The summed E-state index contributed by atoms with van der Waals surface area (Å²) in [5.41, 5.74) is 9.09. The summed E-state index contributed by atoms with van der Waals surface area (Å²) in [6, 6.07) is 41.8. The van der Waals surface area contributed by atoms with Gasteiger partial charge >= 0.3 is 5.97 Å². The van der Waals surface area contributed by atoms with Gasteiger partial charge in [-0.05, 0) is 64.6 Å². The van der Waals surface area contributed by atoms with Gasteiger partial charge in [-0.2, -0.15) is 0 Å². The maximum absolute atomic E-state index is 12.8. The van der Waals surface area contributed by atoms with Crippen molar-refractivity contribution < 1.29 is 14.3 Å². The van der Waals surface area contributed by atoms with E-state index in [4.69, 9.17) is 9.40 Å². The van der Waals surface area contributed by atoms with Gasteiger partial charge in [0.2, 0.25) is 0 Å². The molecular formula is C38H30N2O3. The number of carbonyl (C=O) groups is 1. The molecule has 0 bridgehead atoms. The number of benzene rings is 4. The Labute approximate surface area is 250 Å². The second-order valence-electron chi connectivity index (χ2n) is 10.9. The van der Waals surface area contributed by atoms with Crippen molar-refractivity contribution in [2.75, 3.05) is 0 Å². The Bertz CT molecular complexity index is 1970. The van der Waals surface area contributed by atoms with Crippen molar-refractivity contribution in [1.82, 2.24) is 9.55 Å². The molecule has 0 spiro atoms. The van der Waals surface area contributed by atoms with Crippen molar-refractivity contribution in [3.63, 3.8) is 0 Å². The zero-order valence-electron chi connectivity index (χ0n) is 23.6. The fraction of sp³-hybridized carbons (Fsp3) is 0.105. The van der Waals surface area contributed by atoms with Crippen LogP contribution < -0.4 is 0 Å². The molecule has 210 valence electrons. The largest absolute Gasteiger partial charge is 0.480 e. The number of carboxylic acid groups (broad SMARTS) is 1. The number of fused-ring (bicyclic) bond motifs is 2. The third-order valence-electron chi connectivity index (χ3n) is 8.04. The minimum absolute atomic E-state index is 0.360. The highest BCUT2D eigenvalue weighted by atomic mass is 16.4. The van der Waals surface area contributed by atoms with Crippen molar-refractivity contribution in [2.24, 2.45) is 0 Å². The molecule has 1 atom stereocenters. The highest BCUT2D eigenvalue weighted by Crippen LogP contribution is 2.41. The zero-order valence-corrected chi connectivity index (χ0v) is 23.6. The number of nitrogens with zero attached hydrogens (tertiary/aromatic N) is 2. The lowest BCUT2D eigenvalue weighted by Gasteiger charge is -2.19. The number of rotatable bonds is 9. The highest BCUT2D eigenvalue weighted by molar-refractivity contribution is 5.91. The molecule has 2 heterocycles. The molecule has 0 fully saturated rings. The van der Waals surface area contributed by atoms with Gasteiger partial charge in [0.25, 0.3) is 0 Å². The number of hydrogen-bond donors (Lipinski definition) is 1. The molecular weight excluding hydrogens is 532 g/mol. The summed E-state index contributed by atoms with van der Waals surface area (Å²) in [6.07, 6.45) is 3.37. The van der Waals surface area contributed by atoms with Crippen molar-refractivity contribution in [3.05, 3.63) is 162 Å². The van der Waals surface area contributed by atoms with Gasteiger partial charge in [0, 0.05) is 24.0 Å². The normalized spacial score (nSPS) is 12.1. The van der Waals surface area contributed by atoms with Gasteiger partial charge in [0.1, 0.15) is 17.6 Å². The third-order valence-corrected chi connectivity index (χ3v) is 8.04. The Balaban J connectivity index is 1.38. The number of aromatic nitrogens is 2. The average Bonchev–Trinajstić information content (AvgIpc) is 3.58. The summed E-state index contributed by atoms with van der Waals surface area (Å²) in [5.74, 6) is 0.681. The van der Waals surface area contributed by atoms with E-state index in [0.717, 1.165) is 56.9 Å². The minimum atomic E-state index is -0.882. The van der Waals surface area contributed by atoms with Crippen molar-refractivity contribution in [1.29, 1.82) is 0 Å². The number of imidazole rings is 1. The Hall–Kier alpha value is -5.42. The van der Waals surface area contributed by atoms with E-state index in [0.29, 0.717) is 12.8 Å². The van der Waals surface area contributed by atoms with E-state index in [9.17, 15) is 9.90 Å². The Kier molecular flexibility index (Phi) is 7.05. The molecule has 0 amide bonds. The molecule has 2 aliphatic rings. The molecule has 1 unspecified atom stereocenters. The van der Waals surface area contributed by atoms with Crippen LogP contribution in [0.3, 0.4) is 0 Å². The molecule has 0 saturated carbocycles. The summed E-state index contributed by atoms with van der Waals surface area (Å²) < 4.78 is 7.98. The van der Waals surface area contributed by atoms with Gasteiger partial charge in [-0.25, -0.2) is 9.78 Å². The van der Waals surface area contributed by atoms with Gasteiger partial charge in [0.15, 0.2) is 0 Å². The summed E-state index contributed by atoms with van der Waals surface area (Å²) in [6.45, 7) is 0. The molecule has 5 nitrogen and oxygen atoms in total. The van der Waals surface area contributed by atoms with E-state index >= 15 is 0 Å².